The van der Waals surface area contributed by atoms with Crippen molar-refractivity contribution < 1.29 is 9.15 Å². The summed E-state index contributed by atoms with van der Waals surface area (Å²) in [6.45, 7) is 4.00. The third-order valence-corrected chi connectivity index (χ3v) is 2.46. The Morgan fingerprint density at radius 2 is 2.00 bits per heavy atom. The molecule has 1 aromatic heterocycles. The van der Waals surface area contributed by atoms with E-state index in [2.05, 4.69) is 0 Å². The maximum absolute atomic E-state index is 8.62. The molecule has 3 heteroatoms. The first kappa shape index (κ1) is 10.3. The van der Waals surface area contributed by atoms with Gasteiger partial charge in [-0.3, -0.25) is 0 Å². The Morgan fingerprint density at radius 3 is 2.69 bits per heavy atom. The fraction of sp³-hybridized carbons (Fsp3) is 0.154. The summed E-state index contributed by atoms with van der Waals surface area (Å²) in [6, 6.07) is 10.9. The molecule has 2 aromatic rings. The van der Waals surface area contributed by atoms with Crippen LogP contribution >= 0.6 is 0 Å². The van der Waals surface area contributed by atoms with Crippen LogP contribution in [0.4, 0.5) is 0 Å². The number of nitrogens with zero attached hydrogens (tertiary/aromatic N) is 1. The van der Waals surface area contributed by atoms with Crippen LogP contribution in [0.3, 0.4) is 0 Å². The largest absolute Gasteiger partial charge is 0.426 e. The van der Waals surface area contributed by atoms with Crippen LogP contribution in [0.5, 0.6) is 11.7 Å². The number of benzene rings is 1. The molecule has 0 saturated heterocycles. The van der Waals surface area contributed by atoms with Crippen LogP contribution < -0.4 is 4.74 Å². The van der Waals surface area contributed by atoms with Gasteiger partial charge in [-0.05, 0) is 37.1 Å². The lowest BCUT2D eigenvalue weighted by molar-refractivity contribution is 0.341. The van der Waals surface area contributed by atoms with E-state index in [9.17, 15) is 0 Å². The van der Waals surface area contributed by atoms with Crippen molar-refractivity contribution in [2.45, 2.75) is 13.8 Å². The molecular formula is C13H11NO2. The Bertz CT molecular complexity index is 549. The maximum atomic E-state index is 8.62. The number of hydrogen-bond donors (Lipinski definition) is 0. The molecule has 0 atom stereocenters. The normalized spacial score (nSPS) is 9.81. The summed E-state index contributed by atoms with van der Waals surface area (Å²) < 4.78 is 10.7. The number of furan rings is 1. The van der Waals surface area contributed by atoms with Crippen molar-refractivity contribution in [1.82, 2.24) is 0 Å². The summed E-state index contributed by atoms with van der Waals surface area (Å²) in [5.74, 6) is 1.34. The molecule has 3 nitrogen and oxygen atoms in total. The van der Waals surface area contributed by atoms with Gasteiger partial charge in [0.1, 0.15) is 11.8 Å². The van der Waals surface area contributed by atoms with Gasteiger partial charge < -0.3 is 9.15 Å². The van der Waals surface area contributed by atoms with E-state index in [4.69, 9.17) is 14.4 Å². The van der Waals surface area contributed by atoms with Crippen LogP contribution in [0, 0.1) is 25.2 Å². The summed E-state index contributed by atoms with van der Waals surface area (Å²) in [5.41, 5.74) is 2.22. The minimum Gasteiger partial charge on any atom is -0.426 e. The van der Waals surface area contributed by atoms with E-state index in [1.165, 1.54) is 0 Å². The van der Waals surface area contributed by atoms with Gasteiger partial charge in [-0.2, -0.15) is 5.26 Å². The highest BCUT2D eigenvalue weighted by atomic mass is 16.6. The van der Waals surface area contributed by atoms with Gasteiger partial charge in [0.25, 0.3) is 5.95 Å². The predicted octanol–water partition coefficient (Wildman–Crippen LogP) is 3.56. The second-order valence-electron chi connectivity index (χ2n) is 3.53. The highest BCUT2D eigenvalue weighted by Crippen LogP contribution is 2.27. The molecule has 0 fully saturated rings. The first-order chi connectivity index (χ1) is 7.70. The van der Waals surface area contributed by atoms with Gasteiger partial charge >= 0.3 is 0 Å². The molecule has 0 spiro atoms. The van der Waals surface area contributed by atoms with Gasteiger partial charge in [0.05, 0.1) is 0 Å². The van der Waals surface area contributed by atoms with Crippen LogP contribution in [-0.4, -0.2) is 0 Å². The number of nitriles is 1. The summed E-state index contributed by atoms with van der Waals surface area (Å²) in [5, 5.41) is 8.62. The number of ether oxygens (including phenoxy) is 1. The van der Waals surface area contributed by atoms with Crippen LogP contribution in [-0.2, 0) is 0 Å². The molecule has 1 aromatic carbocycles. The van der Waals surface area contributed by atoms with E-state index in [0.717, 1.165) is 16.9 Å². The minimum absolute atomic E-state index is 0.250. The zero-order valence-corrected chi connectivity index (χ0v) is 9.15. The van der Waals surface area contributed by atoms with Crippen molar-refractivity contribution in [1.29, 1.82) is 5.26 Å². The molecular weight excluding hydrogens is 202 g/mol. The van der Waals surface area contributed by atoms with Gasteiger partial charge in [0, 0.05) is 6.07 Å². The van der Waals surface area contributed by atoms with Crippen LogP contribution in [0.2, 0.25) is 0 Å². The van der Waals surface area contributed by atoms with E-state index in [-0.39, 0.29) is 5.76 Å². The number of hydrogen-bond acceptors (Lipinski definition) is 3. The minimum atomic E-state index is 0.250. The van der Waals surface area contributed by atoms with Gasteiger partial charge in [0.15, 0.2) is 0 Å². The molecule has 2 rings (SSSR count). The molecule has 0 bridgehead atoms. The standard InChI is InChI=1S/C13H11NO2/c1-9-4-3-5-12(10(9)2)16-13-7-6-11(8-14)15-13/h3-7H,1-2H3. The molecule has 0 N–H and O–H groups in total. The summed E-state index contributed by atoms with van der Waals surface area (Å²) in [6.07, 6.45) is 0. The van der Waals surface area contributed by atoms with E-state index in [0.29, 0.717) is 5.95 Å². The Morgan fingerprint density at radius 1 is 1.19 bits per heavy atom. The Hall–Kier alpha value is -2.21. The van der Waals surface area contributed by atoms with E-state index < -0.39 is 0 Å². The van der Waals surface area contributed by atoms with E-state index in [1.807, 2.05) is 38.1 Å². The summed E-state index contributed by atoms with van der Waals surface area (Å²) in [4.78, 5) is 0. The van der Waals surface area contributed by atoms with Crippen LogP contribution in [0.25, 0.3) is 0 Å². The van der Waals surface area contributed by atoms with Crippen molar-refractivity contribution in [3.8, 4) is 17.8 Å². The average Bonchev–Trinajstić information content (AvgIpc) is 2.73. The van der Waals surface area contributed by atoms with Crippen molar-refractivity contribution in [3.63, 3.8) is 0 Å². The van der Waals surface area contributed by atoms with Gasteiger partial charge in [0.2, 0.25) is 5.76 Å². The van der Waals surface area contributed by atoms with Gasteiger partial charge in [-0.25, -0.2) is 0 Å². The fourth-order valence-corrected chi connectivity index (χ4v) is 1.38. The van der Waals surface area contributed by atoms with Gasteiger partial charge in [-0.15, -0.1) is 0 Å². The van der Waals surface area contributed by atoms with Gasteiger partial charge in [-0.1, -0.05) is 12.1 Å². The predicted molar refractivity (Wildman–Crippen MR) is 59.4 cm³/mol. The first-order valence-electron chi connectivity index (χ1n) is 4.94. The third-order valence-electron chi connectivity index (χ3n) is 2.46. The molecule has 80 valence electrons. The number of aryl methyl sites for hydroxylation is 1. The van der Waals surface area contributed by atoms with Crippen LogP contribution in [0.15, 0.2) is 34.7 Å². The second kappa shape index (κ2) is 4.11. The molecule has 0 unspecified atom stereocenters. The Balaban J connectivity index is 2.27. The maximum Gasteiger partial charge on any atom is 0.291 e. The highest BCUT2D eigenvalue weighted by molar-refractivity contribution is 5.40. The lowest BCUT2D eigenvalue weighted by atomic mass is 10.1. The molecule has 0 aliphatic rings. The Kier molecular flexibility index (Phi) is 2.65. The molecule has 0 radical (unpaired) electrons. The smallest absolute Gasteiger partial charge is 0.291 e. The zero-order chi connectivity index (χ0) is 11.5. The molecule has 16 heavy (non-hydrogen) atoms. The first-order valence-corrected chi connectivity index (χ1v) is 4.94. The highest BCUT2D eigenvalue weighted by Gasteiger charge is 2.06. The molecule has 1 heterocycles. The quantitative estimate of drug-likeness (QED) is 0.766. The second-order valence-corrected chi connectivity index (χ2v) is 3.53. The molecule has 0 aliphatic carbocycles. The van der Waals surface area contributed by atoms with Crippen molar-refractivity contribution in [2.75, 3.05) is 0 Å². The molecule has 0 amide bonds. The summed E-state index contributed by atoms with van der Waals surface area (Å²) in [7, 11) is 0. The fourth-order valence-electron chi connectivity index (χ4n) is 1.38. The SMILES string of the molecule is Cc1cccc(Oc2ccc(C#N)o2)c1C. The third kappa shape index (κ3) is 1.91. The summed E-state index contributed by atoms with van der Waals surface area (Å²) >= 11 is 0. The Labute approximate surface area is 93.9 Å². The zero-order valence-electron chi connectivity index (χ0n) is 9.15. The molecule has 0 saturated carbocycles. The van der Waals surface area contributed by atoms with Crippen LogP contribution in [0.1, 0.15) is 16.9 Å². The van der Waals surface area contributed by atoms with Crippen molar-refractivity contribution >= 4 is 0 Å². The van der Waals surface area contributed by atoms with Crippen molar-refractivity contribution in [2.24, 2.45) is 0 Å². The average molecular weight is 213 g/mol. The van der Waals surface area contributed by atoms with E-state index in [1.54, 1.807) is 12.1 Å². The van der Waals surface area contributed by atoms with Crippen molar-refractivity contribution in [3.05, 3.63) is 47.2 Å². The van der Waals surface area contributed by atoms with E-state index >= 15 is 0 Å². The molecule has 0 aliphatic heterocycles. The monoisotopic (exact) mass is 213 g/mol. The number of rotatable bonds is 2. The lowest BCUT2D eigenvalue weighted by Crippen LogP contribution is -1.88. The topological polar surface area (TPSA) is 46.2 Å². The lowest BCUT2D eigenvalue weighted by Gasteiger charge is -2.07.